The highest BCUT2D eigenvalue weighted by Gasteiger charge is 2.45. The van der Waals surface area contributed by atoms with Gasteiger partial charge < -0.3 is 19.6 Å². The molecule has 0 aliphatic carbocycles. The summed E-state index contributed by atoms with van der Waals surface area (Å²) in [5.41, 5.74) is 1.72. The Morgan fingerprint density at radius 2 is 1.66 bits per heavy atom. The van der Waals surface area contributed by atoms with Crippen molar-refractivity contribution in [3.8, 4) is 5.75 Å². The quantitative estimate of drug-likeness (QED) is 0.139. The largest absolute Gasteiger partial charge is 0.507 e. The molecule has 0 aromatic heterocycles. The van der Waals surface area contributed by atoms with Crippen molar-refractivity contribution < 1.29 is 24.4 Å². The van der Waals surface area contributed by atoms with Crippen molar-refractivity contribution in [3.63, 3.8) is 0 Å². The first-order valence-corrected chi connectivity index (χ1v) is 12.2. The van der Waals surface area contributed by atoms with Gasteiger partial charge in [0, 0.05) is 24.2 Å². The number of ketones is 1. The maximum absolute atomic E-state index is 13.2. The number of aliphatic hydroxyl groups excluding tert-OH is 1. The van der Waals surface area contributed by atoms with Crippen molar-refractivity contribution in [2.75, 3.05) is 27.2 Å². The topological polar surface area (TPSA) is 113 Å². The van der Waals surface area contributed by atoms with Crippen LogP contribution in [0.4, 0.5) is 5.69 Å². The minimum Gasteiger partial charge on any atom is -0.507 e. The molecule has 1 fully saturated rings. The van der Waals surface area contributed by atoms with E-state index in [-0.39, 0.29) is 23.6 Å². The van der Waals surface area contributed by atoms with Gasteiger partial charge in [0.05, 0.1) is 16.5 Å². The number of nitro groups is 1. The molecule has 0 spiro atoms. The van der Waals surface area contributed by atoms with Gasteiger partial charge in [0.25, 0.3) is 17.4 Å². The molecule has 1 aliphatic rings. The van der Waals surface area contributed by atoms with Crippen molar-refractivity contribution in [2.24, 2.45) is 0 Å². The second kappa shape index (κ2) is 11.7. The number of hydrogen-bond donors (Lipinski definition) is 1. The average molecular weight is 516 g/mol. The Hall–Kier alpha value is -4.50. The van der Waals surface area contributed by atoms with Crippen LogP contribution >= 0.6 is 0 Å². The number of Topliss-reactive ketones (excluding diaryl/α,β-unsaturated/α-hetero) is 1. The first kappa shape index (κ1) is 26.6. The third kappa shape index (κ3) is 5.90. The molecule has 3 aromatic carbocycles. The van der Waals surface area contributed by atoms with Crippen LogP contribution in [0.15, 0.2) is 84.4 Å². The zero-order valence-electron chi connectivity index (χ0n) is 21.2. The molecule has 196 valence electrons. The number of nitrogens with zero attached hydrogens (tertiary/aromatic N) is 3. The second-order valence-electron chi connectivity index (χ2n) is 9.30. The van der Waals surface area contributed by atoms with E-state index in [1.54, 1.807) is 24.3 Å². The van der Waals surface area contributed by atoms with Crippen LogP contribution in [-0.2, 0) is 16.2 Å². The monoisotopic (exact) mass is 515 g/mol. The second-order valence-corrected chi connectivity index (χ2v) is 9.30. The maximum atomic E-state index is 13.2. The molecule has 1 atom stereocenters. The number of non-ortho nitro benzene ring substituents is 1. The number of carbonyl (C=O) groups is 2. The summed E-state index contributed by atoms with van der Waals surface area (Å²) in [5, 5.41) is 22.4. The molecular formula is C29H29N3O6. The number of hydrogen-bond acceptors (Lipinski definition) is 7. The van der Waals surface area contributed by atoms with Gasteiger partial charge in [0.15, 0.2) is 0 Å². The van der Waals surface area contributed by atoms with Gasteiger partial charge in [-0.1, -0.05) is 30.3 Å². The van der Waals surface area contributed by atoms with E-state index in [1.165, 1.54) is 29.2 Å². The standard InChI is InChI=1S/C29H29N3O6/c1-30(2)17-6-18-31-26(21-9-13-23(14-10-21)32(36)37)25(28(34)29(31)35)27(33)22-11-15-24(16-12-22)38-19-20-7-4-3-5-8-20/h3-5,7-16,26,33H,6,17-19H2,1-2H3/b27-25+. The lowest BCUT2D eigenvalue weighted by Crippen LogP contribution is -2.32. The van der Waals surface area contributed by atoms with E-state index in [9.17, 15) is 24.8 Å². The maximum Gasteiger partial charge on any atom is 0.295 e. The molecule has 3 aromatic rings. The fraction of sp³-hybridized carbons (Fsp3) is 0.241. The molecule has 9 heteroatoms. The summed E-state index contributed by atoms with van der Waals surface area (Å²) in [6.07, 6.45) is 0.608. The molecule has 0 saturated carbocycles. The van der Waals surface area contributed by atoms with Crippen LogP contribution in [-0.4, -0.2) is 58.7 Å². The van der Waals surface area contributed by atoms with Crippen LogP contribution < -0.4 is 4.74 Å². The smallest absolute Gasteiger partial charge is 0.295 e. The lowest BCUT2D eigenvalue weighted by Gasteiger charge is -2.26. The van der Waals surface area contributed by atoms with Crippen molar-refractivity contribution in [2.45, 2.75) is 19.1 Å². The zero-order valence-corrected chi connectivity index (χ0v) is 21.2. The highest BCUT2D eigenvalue weighted by molar-refractivity contribution is 6.46. The number of rotatable bonds is 10. The van der Waals surface area contributed by atoms with Crippen molar-refractivity contribution >= 4 is 23.1 Å². The van der Waals surface area contributed by atoms with Crippen LogP contribution in [0.1, 0.15) is 29.2 Å². The Morgan fingerprint density at radius 3 is 2.26 bits per heavy atom. The Bertz CT molecular complexity index is 1330. The van der Waals surface area contributed by atoms with E-state index in [0.29, 0.717) is 36.4 Å². The van der Waals surface area contributed by atoms with Gasteiger partial charge >= 0.3 is 0 Å². The molecule has 0 bridgehead atoms. The minimum atomic E-state index is -0.869. The van der Waals surface area contributed by atoms with Crippen LogP contribution in [0.25, 0.3) is 5.76 Å². The van der Waals surface area contributed by atoms with Gasteiger partial charge in [0.2, 0.25) is 0 Å². The fourth-order valence-corrected chi connectivity index (χ4v) is 4.40. The van der Waals surface area contributed by atoms with E-state index in [1.807, 2.05) is 49.3 Å². The molecule has 1 N–H and O–H groups in total. The van der Waals surface area contributed by atoms with Gasteiger partial charge in [-0.05, 0) is 74.6 Å². The number of benzene rings is 3. The molecule has 1 unspecified atom stereocenters. The predicted octanol–water partition coefficient (Wildman–Crippen LogP) is 4.55. The number of nitro benzene ring substituents is 1. The number of amides is 1. The molecule has 1 aliphatic heterocycles. The molecule has 1 saturated heterocycles. The molecule has 1 amide bonds. The number of aliphatic hydroxyl groups is 1. The van der Waals surface area contributed by atoms with Crippen LogP contribution in [0.5, 0.6) is 5.75 Å². The van der Waals surface area contributed by atoms with E-state index in [4.69, 9.17) is 4.74 Å². The van der Waals surface area contributed by atoms with Gasteiger partial charge in [0.1, 0.15) is 18.1 Å². The number of likely N-dealkylation sites (tertiary alicyclic amines) is 1. The Labute approximate surface area is 220 Å². The Morgan fingerprint density at radius 1 is 1.00 bits per heavy atom. The van der Waals surface area contributed by atoms with E-state index in [0.717, 1.165) is 5.56 Å². The summed E-state index contributed by atoms with van der Waals surface area (Å²) < 4.78 is 5.81. The highest BCUT2D eigenvalue weighted by Crippen LogP contribution is 2.40. The third-order valence-corrected chi connectivity index (χ3v) is 6.34. The molecule has 38 heavy (non-hydrogen) atoms. The van der Waals surface area contributed by atoms with Gasteiger partial charge in [-0.15, -0.1) is 0 Å². The first-order valence-electron chi connectivity index (χ1n) is 12.2. The highest BCUT2D eigenvalue weighted by atomic mass is 16.6. The lowest BCUT2D eigenvalue weighted by atomic mass is 9.95. The summed E-state index contributed by atoms with van der Waals surface area (Å²) in [6, 6.07) is 21.1. The molecular weight excluding hydrogens is 486 g/mol. The van der Waals surface area contributed by atoms with E-state index >= 15 is 0 Å². The van der Waals surface area contributed by atoms with E-state index < -0.39 is 22.7 Å². The molecule has 9 nitrogen and oxygen atoms in total. The van der Waals surface area contributed by atoms with Gasteiger partial charge in [-0.2, -0.15) is 0 Å². The van der Waals surface area contributed by atoms with Crippen molar-refractivity contribution in [1.82, 2.24) is 9.80 Å². The number of carbonyl (C=O) groups excluding carboxylic acids is 2. The minimum absolute atomic E-state index is 0.0494. The zero-order chi connectivity index (χ0) is 27.2. The Kier molecular flexibility index (Phi) is 8.18. The Balaban J connectivity index is 1.65. The SMILES string of the molecule is CN(C)CCCN1C(=O)C(=O)/C(=C(/O)c2ccc(OCc3ccccc3)cc2)C1c1ccc([N+](=O)[O-])cc1. The molecule has 1 heterocycles. The molecule has 0 radical (unpaired) electrons. The number of ether oxygens (including phenoxy) is 1. The summed E-state index contributed by atoms with van der Waals surface area (Å²) in [7, 11) is 3.82. The third-order valence-electron chi connectivity index (χ3n) is 6.34. The summed E-state index contributed by atoms with van der Waals surface area (Å²) in [5.74, 6) is -1.23. The average Bonchev–Trinajstić information content (AvgIpc) is 3.17. The summed E-state index contributed by atoms with van der Waals surface area (Å²) >= 11 is 0. The first-order chi connectivity index (χ1) is 18.3. The van der Waals surface area contributed by atoms with Crippen LogP contribution in [0.2, 0.25) is 0 Å². The van der Waals surface area contributed by atoms with Gasteiger partial charge in [-0.3, -0.25) is 19.7 Å². The van der Waals surface area contributed by atoms with Crippen molar-refractivity contribution in [3.05, 3.63) is 111 Å². The summed E-state index contributed by atoms with van der Waals surface area (Å²) in [4.78, 5) is 40.2. The van der Waals surface area contributed by atoms with Crippen LogP contribution in [0.3, 0.4) is 0 Å². The summed E-state index contributed by atoms with van der Waals surface area (Å²) in [6.45, 7) is 1.36. The normalized spacial score (nSPS) is 16.7. The van der Waals surface area contributed by atoms with E-state index in [2.05, 4.69) is 0 Å². The van der Waals surface area contributed by atoms with Crippen molar-refractivity contribution in [1.29, 1.82) is 0 Å². The fourth-order valence-electron chi connectivity index (χ4n) is 4.40. The molecule has 4 rings (SSSR count). The van der Waals surface area contributed by atoms with Crippen LogP contribution in [0, 0.1) is 10.1 Å². The predicted molar refractivity (Wildman–Crippen MR) is 142 cm³/mol. The van der Waals surface area contributed by atoms with Gasteiger partial charge in [-0.25, -0.2) is 0 Å². The lowest BCUT2D eigenvalue weighted by molar-refractivity contribution is -0.384.